The second-order valence-electron chi connectivity index (χ2n) is 4.83. The van der Waals surface area contributed by atoms with Crippen LogP contribution in [-0.2, 0) is 6.54 Å². The predicted molar refractivity (Wildman–Crippen MR) is 79.8 cm³/mol. The van der Waals surface area contributed by atoms with Gasteiger partial charge in [0.1, 0.15) is 0 Å². The summed E-state index contributed by atoms with van der Waals surface area (Å²) in [5.41, 5.74) is 1.13. The molecule has 1 atom stereocenters. The summed E-state index contributed by atoms with van der Waals surface area (Å²) in [6, 6.07) is 6.34. The summed E-state index contributed by atoms with van der Waals surface area (Å²) in [5, 5.41) is 1.56. The molecule has 100 valence electrons. The highest BCUT2D eigenvalue weighted by Gasteiger charge is 2.24. The quantitative estimate of drug-likeness (QED) is 0.694. The highest BCUT2D eigenvalue weighted by molar-refractivity contribution is 6.33. The van der Waals surface area contributed by atoms with Crippen LogP contribution >= 0.6 is 34.8 Å². The van der Waals surface area contributed by atoms with E-state index in [0.717, 1.165) is 41.0 Å². The lowest BCUT2D eigenvalue weighted by atomic mass is 10.1. The standard InChI is InChI=1S/C14H18Cl3N/c15-7-1-3-13-4-2-8-18(13)10-11-9-12(16)5-6-14(11)17/h5-6,9,13H,1-4,7-8,10H2. The fourth-order valence-electron chi connectivity index (χ4n) is 2.63. The fraction of sp³-hybridized carbons (Fsp3) is 0.571. The van der Waals surface area contributed by atoms with Gasteiger partial charge in [0.15, 0.2) is 0 Å². The van der Waals surface area contributed by atoms with E-state index in [1.165, 1.54) is 19.3 Å². The van der Waals surface area contributed by atoms with Gasteiger partial charge >= 0.3 is 0 Å². The van der Waals surface area contributed by atoms with E-state index in [4.69, 9.17) is 34.8 Å². The van der Waals surface area contributed by atoms with Crippen LogP contribution in [0.1, 0.15) is 31.2 Å². The van der Waals surface area contributed by atoms with E-state index in [-0.39, 0.29) is 0 Å². The average molecular weight is 307 g/mol. The maximum atomic E-state index is 6.22. The van der Waals surface area contributed by atoms with Crippen LogP contribution in [0.3, 0.4) is 0 Å². The lowest BCUT2D eigenvalue weighted by molar-refractivity contribution is 0.234. The van der Waals surface area contributed by atoms with Crippen molar-refractivity contribution in [3.63, 3.8) is 0 Å². The molecule has 2 rings (SSSR count). The first-order valence-electron chi connectivity index (χ1n) is 6.44. The molecule has 1 aliphatic rings. The van der Waals surface area contributed by atoms with E-state index >= 15 is 0 Å². The van der Waals surface area contributed by atoms with Gasteiger partial charge in [-0.2, -0.15) is 0 Å². The summed E-state index contributed by atoms with van der Waals surface area (Å²) in [6.45, 7) is 2.04. The second-order valence-corrected chi connectivity index (χ2v) is 6.06. The van der Waals surface area contributed by atoms with Gasteiger partial charge in [-0.3, -0.25) is 4.90 Å². The third kappa shape index (κ3) is 3.77. The van der Waals surface area contributed by atoms with E-state index in [0.29, 0.717) is 6.04 Å². The Kier molecular flexibility index (Phi) is 5.62. The normalized spacial score (nSPS) is 20.5. The smallest absolute Gasteiger partial charge is 0.0452 e. The molecule has 1 nitrogen and oxygen atoms in total. The third-order valence-corrected chi connectivity index (χ3v) is 4.42. The molecule has 0 bridgehead atoms. The Balaban J connectivity index is 2.01. The molecule has 18 heavy (non-hydrogen) atoms. The number of likely N-dealkylation sites (tertiary alicyclic amines) is 1. The minimum Gasteiger partial charge on any atom is -0.296 e. The van der Waals surface area contributed by atoms with Crippen LogP contribution < -0.4 is 0 Å². The number of benzene rings is 1. The molecule has 0 aromatic heterocycles. The highest BCUT2D eigenvalue weighted by atomic mass is 35.5. The van der Waals surface area contributed by atoms with Crippen LogP contribution in [0.2, 0.25) is 10.0 Å². The van der Waals surface area contributed by atoms with Crippen LogP contribution in [0.25, 0.3) is 0 Å². The van der Waals surface area contributed by atoms with Crippen LogP contribution in [-0.4, -0.2) is 23.4 Å². The van der Waals surface area contributed by atoms with Gasteiger partial charge in [-0.25, -0.2) is 0 Å². The average Bonchev–Trinajstić information content (AvgIpc) is 2.79. The molecular formula is C14H18Cl3N. The molecule has 1 fully saturated rings. The topological polar surface area (TPSA) is 3.24 Å². The molecule has 0 aliphatic carbocycles. The second kappa shape index (κ2) is 7.00. The first-order chi connectivity index (χ1) is 8.70. The Morgan fingerprint density at radius 1 is 1.28 bits per heavy atom. The van der Waals surface area contributed by atoms with Gasteiger partial charge in [-0.1, -0.05) is 23.2 Å². The number of alkyl halides is 1. The summed E-state index contributed by atoms with van der Waals surface area (Å²) in [4.78, 5) is 2.50. The summed E-state index contributed by atoms with van der Waals surface area (Å²) < 4.78 is 0. The van der Waals surface area contributed by atoms with Gasteiger partial charge in [0.25, 0.3) is 0 Å². The van der Waals surface area contributed by atoms with Gasteiger partial charge in [0.2, 0.25) is 0 Å². The van der Waals surface area contributed by atoms with Crippen molar-refractivity contribution in [3.8, 4) is 0 Å². The van der Waals surface area contributed by atoms with Gasteiger partial charge in [0, 0.05) is 28.5 Å². The molecule has 4 heteroatoms. The number of hydrogen-bond acceptors (Lipinski definition) is 1. The zero-order chi connectivity index (χ0) is 13.0. The minimum atomic E-state index is 0.652. The molecule has 0 spiro atoms. The molecule has 1 aromatic rings. The Labute approximate surface area is 124 Å². The zero-order valence-corrected chi connectivity index (χ0v) is 12.6. The van der Waals surface area contributed by atoms with Crippen molar-refractivity contribution in [2.45, 2.75) is 38.3 Å². The third-order valence-electron chi connectivity index (χ3n) is 3.55. The summed E-state index contributed by atoms with van der Waals surface area (Å²) in [6.07, 6.45) is 4.81. The van der Waals surface area contributed by atoms with Crippen molar-refractivity contribution in [2.75, 3.05) is 12.4 Å². The van der Waals surface area contributed by atoms with Crippen molar-refractivity contribution in [1.82, 2.24) is 4.90 Å². The molecule has 1 saturated heterocycles. The molecule has 1 unspecified atom stereocenters. The van der Waals surface area contributed by atoms with Crippen LogP contribution in [0, 0.1) is 0 Å². The number of halogens is 3. The summed E-state index contributed by atoms with van der Waals surface area (Å²) >= 11 is 18.0. The molecule has 0 saturated carbocycles. The van der Waals surface area contributed by atoms with Crippen molar-refractivity contribution in [3.05, 3.63) is 33.8 Å². The van der Waals surface area contributed by atoms with E-state index in [2.05, 4.69) is 4.90 Å². The molecule has 0 amide bonds. The van der Waals surface area contributed by atoms with Crippen LogP contribution in [0.5, 0.6) is 0 Å². The summed E-state index contributed by atoms with van der Waals surface area (Å²) in [5.74, 6) is 0.752. The lowest BCUT2D eigenvalue weighted by Crippen LogP contribution is -2.29. The number of rotatable bonds is 5. The van der Waals surface area contributed by atoms with Crippen molar-refractivity contribution >= 4 is 34.8 Å². The van der Waals surface area contributed by atoms with Crippen molar-refractivity contribution in [2.24, 2.45) is 0 Å². The van der Waals surface area contributed by atoms with Crippen LogP contribution in [0.15, 0.2) is 18.2 Å². The Bertz CT molecular complexity index is 395. The van der Waals surface area contributed by atoms with Gasteiger partial charge in [-0.05, 0) is 56.0 Å². The monoisotopic (exact) mass is 305 g/mol. The lowest BCUT2D eigenvalue weighted by Gasteiger charge is -2.24. The van der Waals surface area contributed by atoms with Crippen LogP contribution in [0.4, 0.5) is 0 Å². The van der Waals surface area contributed by atoms with Gasteiger partial charge < -0.3 is 0 Å². The molecule has 1 aliphatic heterocycles. The molecule has 1 aromatic carbocycles. The highest BCUT2D eigenvalue weighted by Crippen LogP contribution is 2.27. The first kappa shape index (κ1) is 14.5. The SMILES string of the molecule is ClCCCC1CCCN1Cc1cc(Cl)ccc1Cl. The molecule has 0 radical (unpaired) electrons. The van der Waals surface area contributed by atoms with Crippen molar-refractivity contribution in [1.29, 1.82) is 0 Å². The first-order valence-corrected chi connectivity index (χ1v) is 7.73. The molecule has 0 N–H and O–H groups in total. The van der Waals surface area contributed by atoms with Gasteiger partial charge in [0.05, 0.1) is 0 Å². The predicted octanol–water partition coefficient (Wildman–Crippen LogP) is 4.98. The maximum Gasteiger partial charge on any atom is 0.0452 e. The molecular weight excluding hydrogens is 289 g/mol. The Morgan fingerprint density at radius 3 is 2.89 bits per heavy atom. The Hall–Kier alpha value is 0.0500. The van der Waals surface area contributed by atoms with Gasteiger partial charge in [-0.15, -0.1) is 11.6 Å². The molecule has 1 heterocycles. The van der Waals surface area contributed by atoms with E-state index in [9.17, 15) is 0 Å². The van der Waals surface area contributed by atoms with E-state index < -0.39 is 0 Å². The number of nitrogens with zero attached hydrogens (tertiary/aromatic N) is 1. The zero-order valence-electron chi connectivity index (χ0n) is 10.3. The van der Waals surface area contributed by atoms with Crippen molar-refractivity contribution < 1.29 is 0 Å². The number of hydrogen-bond donors (Lipinski definition) is 0. The maximum absolute atomic E-state index is 6.22. The minimum absolute atomic E-state index is 0.652. The fourth-order valence-corrected chi connectivity index (χ4v) is 3.15. The largest absolute Gasteiger partial charge is 0.296 e. The van der Waals surface area contributed by atoms with E-state index in [1.54, 1.807) is 0 Å². The summed E-state index contributed by atoms with van der Waals surface area (Å²) in [7, 11) is 0. The Morgan fingerprint density at radius 2 is 2.11 bits per heavy atom. The van der Waals surface area contributed by atoms with E-state index in [1.807, 2.05) is 18.2 Å².